The molecule has 0 aliphatic heterocycles. The average Bonchev–Trinajstić information content (AvgIpc) is 2.00. The smallest absolute Gasteiger partial charge is 0.102 e. The van der Waals surface area contributed by atoms with Crippen molar-refractivity contribution < 1.29 is 5.11 Å². The number of aliphatic hydroxyl groups is 1. The van der Waals surface area contributed by atoms with E-state index in [4.69, 9.17) is 10.8 Å². The van der Waals surface area contributed by atoms with Gasteiger partial charge in [0.1, 0.15) is 6.23 Å². The maximum Gasteiger partial charge on any atom is 0.102 e. The molecule has 0 saturated heterocycles. The van der Waals surface area contributed by atoms with Crippen molar-refractivity contribution in [2.24, 2.45) is 11.1 Å². The van der Waals surface area contributed by atoms with E-state index < -0.39 is 6.23 Å². The Bertz CT molecular complexity index is 89.5. The molecule has 0 aromatic carbocycles. The normalized spacial score (nSPS) is 15.0. The zero-order chi connectivity index (χ0) is 8.91. The second-order valence-corrected chi connectivity index (χ2v) is 3.33. The van der Waals surface area contributed by atoms with Gasteiger partial charge in [-0.2, -0.15) is 0 Å². The van der Waals surface area contributed by atoms with Crippen molar-refractivity contribution in [1.29, 1.82) is 0 Å². The Labute approximate surface area is 69.8 Å². The predicted molar refractivity (Wildman–Crippen MR) is 48.1 cm³/mol. The van der Waals surface area contributed by atoms with Gasteiger partial charge in [-0.25, -0.2) is 0 Å². The molecular weight excluding hydrogens is 138 g/mol. The van der Waals surface area contributed by atoms with Crippen molar-refractivity contribution in [2.45, 2.75) is 52.7 Å². The molecule has 0 fully saturated rings. The Morgan fingerprint density at radius 1 is 1.18 bits per heavy atom. The molecule has 11 heavy (non-hydrogen) atoms. The maximum atomic E-state index is 9.06. The van der Waals surface area contributed by atoms with Crippen LogP contribution in [0.4, 0.5) is 0 Å². The van der Waals surface area contributed by atoms with Crippen LogP contribution in [0.2, 0.25) is 0 Å². The van der Waals surface area contributed by atoms with Gasteiger partial charge in [0.05, 0.1) is 0 Å². The predicted octanol–water partition coefficient (Wildman–Crippen LogP) is 1.87. The maximum absolute atomic E-state index is 9.06. The Hall–Kier alpha value is -0.0800. The molecule has 3 N–H and O–H groups in total. The second-order valence-electron chi connectivity index (χ2n) is 3.33. The minimum absolute atomic E-state index is 0.272. The highest BCUT2D eigenvalue weighted by molar-refractivity contribution is 4.76. The van der Waals surface area contributed by atoms with Crippen molar-refractivity contribution in [3.05, 3.63) is 0 Å². The molecule has 0 rings (SSSR count). The van der Waals surface area contributed by atoms with Crippen molar-refractivity contribution in [3.63, 3.8) is 0 Å². The van der Waals surface area contributed by atoms with Gasteiger partial charge in [0, 0.05) is 0 Å². The zero-order valence-electron chi connectivity index (χ0n) is 7.93. The number of hydrogen-bond acceptors (Lipinski definition) is 2. The molecule has 0 amide bonds. The fraction of sp³-hybridized carbons (Fsp3) is 1.00. The van der Waals surface area contributed by atoms with E-state index in [0.29, 0.717) is 0 Å². The topological polar surface area (TPSA) is 46.2 Å². The van der Waals surface area contributed by atoms with Gasteiger partial charge in [0.2, 0.25) is 0 Å². The van der Waals surface area contributed by atoms with Crippen molar-refractivity contribution >= 4 is 0 Å². The van der Waals surface area contributed by atoms with Crippen LogP contribution in [0.15, 0.2) is 0 Å². The average molecular weight is 159 g/mol. The van der Waals surface area contributed by atoms with Crippen LogP contribution in [0.3, 0.4) is 0 Å². The largest absolute Gasteiger partial charge is 0.379 e. The summed E-state index contributed by atoms with van der Waals surface area (Å²) in [5.41, 5.74) is 5.63. The molecule has 0 spiro atoms. The van der Waals surface area contributed by atoms with Gasteiger partial charge in [-0.3, -0.25) is 0 Å². The Balaban J connectivity index is 4.05. The molecule has 0 aromatic heterocycles. The minimum atomic E-state index is -0.644. The molecule has 2 nitrogen and oxygen atoms in total. The molecule has 0 saturated carbocycles. The quantitative estimate of drug-likeness (QED) is 0.601. The third kappa shape index (κ3) is 3.21. The van der Waals surface area contributed by atoms with Gasteiger partial charge in [-0.1, -0.05) is 40.0 Å². The van der Waals surface area contributed by atoms with E-state index in [-0.39, 0.29) is 5.41 Å². The van der Waals surface area contributed by atoms with Crippen LogP contribution in [0.25, 0.3) is 0 Å². The summed E-state index contributed by atoms with van der Waals surface area (Å²) in [5.74, 6) is 0. The van der Waals surface area contributed by atoms with E-state index in [9.17, 15) is 0 Å². The molecule has 0 aromatic rings. The van der Waals surface area contributed by atoms with Crippen LogP contribution in [0.5, 0.6) is 0 Å². The van der Waals surface area contributed by atoms with Crippen LogP contribution in [-0.2, 0) is 0 Å². The van der Waals surface area contributed by atoms with E-state index >= 15 is 0 Å². The van der Waals surface area contributed by atoms with E-state index in [2.05, 4.69) is 20.8 Å². The van der Waals surface area contributed by atoms with E-state index in [1.165, 1.54) is 0 Å². The lowest BCUT2D eigenvalue weighted by Crippen LogP contribution is -2.30. The minimum Gasteiger partial charge on any atom is -0.379 e. The van der Waals surface area contributed by atoms with Crippen LogP contribution >= 0.6 is 0 Å². The molecule has 0 radical (unpaired) electrons. The van der Waals surface area contributed by atoms with Gasteiger partial charge >= 0.3 is 0 Å². The zero-order valence-corrected chi connectivity index (χ0v) is 7.93. The first-order valence-electron chi connectivity index (χ1n) is 4.54. The molecule has 68 valence electrons. The Kier molecular flexibility index (Phi) is 4.69. The van der Waals surface area contributed by atoms with Gasteiger partial charge < -0.3 is 10.8 Å². The molecular formula is C9H21NO. The summed E-state index contributed by atoms with van der Waals surface area (Å²) in [6.07, 6.45) is 3.41. The first-order valence-corrected chi connectivity index (χ1v) is 4.54. The lowest BCUT2D eigenvalue weighted by molar-refractivity contribution is 0.0916. The lowest BCUT2D eigenvalue weighted by atomic mass is 9.76. The third-order valence-electron chi connectivity index (χ3n) is 2.89. The van der Waals surface area contributed by atoms with Gasteiger partial charge in [-0.15, -0.1) is 0 Å². The monoisotopic (exact) mass is 159 g/mol. The van der Waals surface area contributed by atoms with Crippen LogP contribution in [0, 0.1) is 5.41 Å². The number of nitrogens with two attached hydrogens (primary N) is 1. The SMILES string of the molecule is CCC(CC)(CC)CC(N)O. The van der Waals surface area contributed by atoms with Gasteiger partial charge in [-0.05, 0) is 11.8 Å². The van der Waals surface area contributed by atoms with Gasteiger partial charge in [0.15, 0.2) is 0 Å². The highest BCUT2D eigenvalue weighted by Gasteiger charge is 2.25. The molecule has 1 atom stereocenters. The molecule has 0 aliphatic rings. The summed E-state index contributed by atoms with van der Waals surface area (Å²) in [6.45, 7) is 6.49. The van der Waals surface area contributed by atoms with Crippen molar-refractivity contribution in [3.8, 4) is 0 Å². The summed E-state index contributed by atoms with van der Waals surface area (Å²) < 4.78 is 0. The highest BCUT2D eigenvalue weighted by Crippen LogP contribution is 2.34. The summed E-state index contributed by atoms with van der Waals surface area (Å²) in [7, 11) is 0. The molecule has 2 heteroatoms. The summed E-state index contributed by atoms with van der Waals surface area (Å²) in [4.78, 5) is 0. The summed E-state index contributed by atoms with van der Waals surface area (Å²) in [6, 6.07) is 0. The van der Waals surface area contributed by atoms with Crippen LogP contribution < -0.4 is 5.73 Å². The van der Waals surface area contributed by atoms with E-state index in [0.717, 1.165) is 25.7 Å². The fourth-order valence-electron chi connectivity index (χ4n) is 1.63. The van der Waals surface area contributed by atoms with Crippen molar-refractivity contribution in [1.82, 2.24) is 0 Å². The fourth-order valence-corrected chi connectivity index (χ4v) is 1.63. The molecule has 0 aliphatic carbocycles. The van der Waals surface area contributed by atoms with Crippen LogP contribution in [-0.4, -0.2) is 11.3 Å². The Morgan fingerprint density at radius 3 is 1.64 bits per heavy atom. The van der Waals surface area contributed by atoms with E-state index in [1.807, 2.05) is 0 Å². The second kappa shape index (κ2) is 4.73. The summed E-state index contributed by atoms with van der Waals surface area (Å²) >= 11 is 0. The van der Waals surface area contributed by atoms with Crippen LogP contribution in [0.1, 0.15) is 46.5 Å². The Morgan fingerprint density at radius 2 is 1.55 bits per heavy atom. The standard InChI is InChI=1S/C9H21NO/c1-4-9(5-2,6-3)7-8(10)11/h8,11H,4-7,10H2,1-3H3. The molecule has 0 bridgehead atoms. The molecule has 0 heterocycles. The summed E-state index contributed by atoms with van der Waals surface area (Å²) in [5, 5.41) is 9.06. The molecule has 1 unspecified atom stereocenters. The lowest BCUT2D eigenvalue weighted by Gasteiger charge is -2.31. The first-order chi connectivity index (χ1) is 5.10. The first kappa shape index (κ1) is 10.9. The van der Waals surface area contributed by atoms with Crippen molar-refractivity contribution in [2.75, 3.05) is 0 Å². The number of hydrogen-bond donors (Lipinski definition) is 2. The third-order valence-corrected chi connectivity index (χ3v) is 2.89. The van der Waals surface area contributed by atoms with Gasteiger partial charge in [0.25, 0.3) is 0 Å². The van der Waals surface area contributed by atoms with E-state index in [1.54, 1.807) is 0 Å². The number of aliphatic hydroxyl groups excluding tert-OH is 1. The number of rotatable bonds is 5. The highest BCUT2D eigenvalue weighted by atomic mass is 16.3.